The Hall–Kier alpha value is -3.63. The summed E-state index contributed by atoms with van der Waals surface area (Å²) in [7, 11) is 2.67. The molecular weight excluding hydrogens is 452 g/mol. The number of methoxy groups -OCH3 is 1. The third kappa shape index (κ3) is 5.90. The number of amides is 2. The van der Waals surface area contributed by atoms with Crippen molar-refractivity contribution in [3.63, 3.8) is 0 Å². The fraction of sp³-hybridized carbons (Fsp3) is 0.400. The Morgan fingerprint density at radius 3 is 2.20 bits per heavy atom. The van der Waals surface area contributed by atoms with Crippen LogP contribution in [-0.4, -0.2) is 71.7 Å². The van der Waals surface area contributed by atoms with Crippen LogP contribution in [0.3, 0.4) is 0 Å². The van der Waals surface area contributed by atoms with Crippen molar-refractivity contribution < 1.29 is 29.3 Å². The lowest BCUT2D eigenvalue weighted by Gasteiger charge is -2.30. The summed E-state index contributed by atoms with van der Waals surface area (Å²) in [5.74, 6) is -1.80. The molecule has 2 aromatic rings. The van der Waals surface area contributed by atoms with Crippen molar-refractivity contribution in [1.82, 2.24) is 10.2 Å². The minimum Gasteiger partial charge on any atom is -0.508 e. The molecule has 0 saturated carbocycles. The summed E-state index contributed by atoms with van der Waals surface area (Å²) in [6.45, 7) is 0.303. The summed E-state index contributed by atoms with van der Waals surface area (Å²) in [5.41, 5.74) is 14.1. The first-order chi connectivity index (χ1) is 16.7. The van der Waals surface area contributed by atoms with E-state index < -0.39 is 35.9 Å². The fourth-order valence-electron chi connectivity index (χ4n) is 4.17. The Balaban J connectivity index is 2.14. The lowest BCUT2D eigenvalue weighted by Crippen LogP contribution is -2.55. The number of esters is 1. The second-order valence-electron chi connectivity index (χ2n) is 8.68. The van der Waals surface area contributed by atoms with Crippen LogP contribution in [0.15, 0.2) is 36.4 Å². The molecule has 35 heavy (non-hydrogen) atoms. The SMILES string of the molecule is COC(=O)[C@@H]1Cc2cc(ccc2O)-c2ccc(O)c(c2)C[C@H](N)C(=O)N[C@@H](CCCN)C(=O)N1C. The van der Waals surface area contributed by atoms with Crippen LogP contribution in [0.25, 0.3) is 11.1 Å². The van der Waals surface area contributed by atoms with Gasteiger partial charge in [-0.3, -0.25) is 9.59 Å². The smallest absolute Gasteiger partial charge is 0.328 e. The summed E-state index contributed by atoms with van der Waals surface area (Å²) >= 11 is 0. The molecule has 0 aromatic heterocycles. The lowest BCUT2D eigenvalue weighted by molar-refractivity contribution is -0.152. The number of nitrogens with one attached hydrogen (secondary N) is 1. The predicted octanol–water partition coefficient (Wildman–Crippen LogP) is 0.414. The van der Waals surface area contributed by atoms with E-state index in [1.54, 1.807) is 24.3 Å². The van der Waals surface area contributed by atoms with Crippen LogP contribution < -0.4 is 16.8 Å². The van der Waals surface area contributed by atoms with Gasteiger partial charge in [-0.25, -0.2) is 4.79 Å². The summed E-state index contributed by atoms with van der Waals surface area (Å²) in [6.07, 6.45) is 0.716. The quantitative estimate of drug-likeness (QED) is 0.389. The third-order valence-corrected chi connectivity index (χ3v) is 6.28. The monoisotopic (exact) mass is 484 g/mol. The van der Waals surface area contributed by atoms with Crippen LogP contribution in [0.4, 0.5) is 0 Å². The first-order valence-corrected chi connectivity index (χ1v) is 11.4. The standard InChI is InChI=1S/C25H32N4O6/c1-29-20(25(34)35-2)13-17-11-15(6-8-22(17)31)14-5-7-21(30)16(10-14)12-18(27)23(32)28-19(24(29)33)4-3-9-26/h5-8,10-11,18-20,30-31H,3-4,9,12-13,26-27H2,1-2H3,(H,28,32)/t18-,19-,20-/m0/s1. The number of hydrogen-bond donors (Lipinski definition) is 5. The van der Waals surface area contributed by atoms with E-state index in [1.807, 2.05) is 0 Å². The van der Waals surface area contributed by atoms with Gasteiger partial charge in [-0.15, -0.1) is 0 Å². The minimum atomic E-state index is -1.06. The number of phenolic OH excluding ortho intramolecular Hbond substituents is 2. The lowest BCUT2D eigenvalue weighted by atomic mass is 9.95. The molecule has 0 saturated heterocycles. The molecule has 4 bridgehead atoms. The highest BCUT2D eigenvalue weighted by molar-refractivity contribution is 5.92. The number of likely N-dealkylation sites (N-methyl/N-ethyl adjacent to an activating group) is 1. The van der Waals surface area contributed by atoms with Gasteiger partial charge in [-0.1, -0.05) is 12.1 Å². The number of carbonyl (C=O) groups is 3. The van der Waals surface area contributed by atoms with Crippen LogP contribution in [0.1, 0.15) is 24.0 Å². The highest BCUT2D eigenvalue weighted by Crippen LogP contribution is 2.31. The van der Waals surface area contributed by atoms with Gasteiger partial charge in [0, 0.05) is 19.9 Å². The van der Waals surface area contributed by atoms with Crippen LogP contribution in [0.2, 0.25) is 0 Å². The van der Waals surface area contributed by atoms with Crippen molar-refractivity contribution in [2.45, 2.75) is 43.8 Å². The van der Waals surface area contributed by atoms with Crippen LogP contribution in [-0.2, 0) is 32.0 Å². The number of aromatic hydroxyl groups is 2. The van der Waals surface area contributed by atoms with Gasteiger partial charge in [0.05, 0.1) is 13.2 Å². The molecule has 1 heterocycles. The minimum absolute atomic E-state index is 0.0124. The number of nitrogens with zero attached hydrogens (tertiary/aromatic N) is 1. The molecule has 10 nitrogen and oxygen atoms in total. The van der Waals surface area contributed by atoms with E-state index in [1.165, 1.54) is 31.2 Å². The number of carbonyl (C=O) groups excluding carboxylic acids is 3. The zero-order chi connectivity index (χ0) is 25.7. The van der Waals surface area contributed by atoms with Crippen LogP contribution in [0.5, 0.6) is 11.5 Å². The molecule has 0 aliphatic carbocycles. The number of hydrogen-bond acceptors (Lipinski definition) is 8. The molecule has 7 N–H and O–H groups in total. The second kappa shape index (κ2) is 11.2. The molecule has 0 unspecified atom stereocenters. The third-order valence-electron chi connectivity index (χ3n) is 6.28. The molecule has 0 radical (unpaired) electrons. The van der Waals surface area contributed by atoms with Crippen molar-refractivity contribution in [3.05, 3.63) is 47.5 Å². The molecule has 1 aliphatic heterocycles. The molecule has 3 atom stereocenters. The number of ether oxygens (including phenoxy) is 1. The number of fused-ring (bicyclic) bond motifs is 5. The predicted molar refractivity (Wildman–Crippen MR) is 129 cm³/mol. The zero-order valence-corrected chi connectivity index (χ0v) is 19.9. The summed E-state index contributed by atoms with van der Waals surface area (Å²) in [4.78, 5) is 40.2. The van der Waals surface area contributed by atoms with E-state index in [0.29, 0.717) is 29.7 Å². The van der Waals surface area contributed by atoms with Gasteiger partial charge in [0.25, 0.3) is 0 Å². The normalized spacial score (nSPS) is 21.0. The van der Waals surface area contributed by atoms with Gasteiger partial charge in [0.2, 0.25) is 11.8 Å². The average molecular weight is 485 g/mol. The van der Waals surface area contributed by atoms with E-state index in [2.05, 4.69) is 5.32 Å². The molecule has 2 aromatic carbocycles. The largest absolute Gasteiger partial charge is 0.508 e. The van der Waals surface area contributed by atoms with Crippen molar-refractivity contribution in [2.24, 2.45) is 11.5 Å². The zero-order valence-electron chi connectivity index (χ0n) is 19.9. The molecule has 10 heteroatoms. The number of phenols is 2. The first-order valence-electron chi connectivity index (χ1n) is 11.4. The molecule has 1 aliphatic rings. The molecule has 3 rings (SSSR count). The van der Waals surface area contributed by atoms with Crippen molar-refractivity contribution in [3.8, 4) is 22.6 Å². The maximum Gasteiger partial charge on any atom is 0.328 e. The summed E-state index contributed by atoms with van der Waals surface area (Å²) < 4.78 is 4.94. The van der Waals surface area contributed by atoms with Gasteiger partial charge in [-0.05, 0) is 65.9 Å². The van der Waals surface area contributed by atoms with Gasteiger partial charge < -0.3 is 36.6 Å². The number of rotatable bonds is 4. The van der Waals surface area contributed by atoms with Crippen molar-refractivity contribution >= 4 is 17.8 Å². The fourth-order valence-corrected chi connectivity index (χ4v) is 4.17. The molecule has 0 spiro atoms. The Kier molecular flexibility index (Phi) is 8.31. The van der Waals surface area contributed by atoms with Crippen molar-refractivity contribution in [2.75, 3.05) is 20.7 Å². The molecule has 2 amide bonds. The Morgan fingerprint density at radius 1 is 1.09 bits per heavy atom. The maximum atomic E-state index is 13.4. The van der Waals surface area contributed by atoms with E-state index in [-0.39, 0.29) is 30.8 Å². The Labute approximate surface area is 203 Å². The topological polar surface area (TPSA) is 168 Å². The molecule has 188 valence electrons. The Morgan fingerprint density at radius 2 is 1.66 bits per heavy atom. The van der Waals surface area contributed by atoms with E-state index >= 15 is 0 Å². The van der Waals surface area contributed by atoms with E-state index in [4.69, 9.17) is 16.2 Å². The molecular formula is C25H32N4O6. The van der Waals surface area contributed by atoms with Crippen LogP contribution in [0, 0.1) is 0 Å². The van der Waals surface area contributed by atoms with Gasteiger partial charge in [-0.2, -0.15) is 0 Å². The summed E-state index contributed by atoms with van der Waals surface area (Å²) in [5, 5.41) is 23.6. The van der Waals surface area contributed by atoms with Gasteiger partial charge >= 0.3 is 5.97 Å². The molecule has 0 fully saturated rings. The Bertz CT molecular complexity index is 1110. The van der Waals surface area contributed by atoms with E-state index in [9.17, 15) is 24.6 Å². The first kappa shape index (κ1) is 26.0. The van der Waals surface area contributed by atoms with Crippen LogP contribution >= 0.6 is 0 Å². The summed E-state index contributed by atoms with van der Waals surface area (Å²) in [6, 6.07) is 6.80. The number of nitrogens with two attached hydrogens (primary N) is 2. The highest BCUT2D eigenvalue weighted by atomic mass is 16.5. The van der Waals surface area contributed by atoms with Crippen molar-refractivity contribution in [1.29, 1.82) is 0 Å². The van der Waals surface area contributed by atoms with Gasteiger partial charge in [0.1, 0.15) is 23.6 Å². The van der Waals surface area contributed by atoms with E-state index in [0.717, 1.165) is 5.56 Å². The van der Waals surface area contributed by atoms with Gasteiger partial charge in [0.15, 0.2) is 0 Å². The average Bonchev–Trinajstić information content (AvgIpc) is 2.85. The second-order valence-corrected chi connectivity index (χ2v) is 8.68. The number of benzene rings is 2. The highest BCUT2D eigenvalue weighted by Gasteiger charge is 2.34. The maximum absolute atomic E-state index is 13.4.